The molecule has 0 atom stereocenters. The number of fused-ring (bicyclic) bond motifs is 9. The molecule has 6 aromatic carbocycles. The molecular formula is C37H26B2O2. The molecule has 192 valence electrons. The predicted octanol–water partition coefficient (Wildman–Crippen LogP) is 4.99. The summed E-state index contributed by atoms with van der Waals surface area (Å²) < 4.78 is 14.0. The summed E-state index contributed by atoms with van der Waals surface area (Å²) in [4.78, 5) is 0. The monoisotopic (exact) mass is 524 g/mol. The standard InChI is InChI=1S/C37H26B2O2/c1-21-11-8-12-22(2)32(21)38-27-17-4-6-19-29(27)40-36-26-16-10-14-24-25-15-9-13-23(3)33(25)39-28-18-5-7-20-30(28)41-37(35(36)38)34(39)31(24)26/h4-20H,1-3H3. The zero-order valence-corrected chi connectivity index (χ0v) is 23.3. The van der Waals surface area contributed by atoms with Gasteiger partial charge in [-0.3, -0.25) is 0 Å². The van der Waals surface area contributed by atoms with Crippen molar-refractivity contribution in [2.24, 2.45) is 0 Å². The minimum absolute atomic E-state index is 0.0142. The maximum absolute atomic E-state index is 7.06. The topological polar surface area (TPSA) is 18.5 Å². The van der Waals surface area contributed by atoms with Gasteiger partial charge in [0, 0.05) is 10.8 Å². The zero-order valence-electron chi connectivity index (χ0n) is 23.3. The fraction of sp³-hybridized carbons (Fsp3) is 0.0811. The van der Waals surface area contributed by atoms with E-state index in [1.807, 2.05) is 0 Å². The molecule has 0 radical (unpaired) electrons. The fourth-order valence-electron chi connectivity index (χ4n) is 7.86. The summed E-state index contributed by atoms with van der Waals surface area (Å²) >= 11 is 0. The van der Waals surface area contributed by atoms with Crippen molar-refractivity contribution in [3.05, 3.63) is 120 Å². The lowest BCUT2D eigenvalue weighted by molar-refractivity contribution is 0.473. The van der Waals surface area contributed by atoms with Gasteiger partial charge in [-0.05, 0) is 65.8 Å². The third kappa shape index (κ3) is 2.95. The normalized spacial score (nSPS) is 13.5. The van der Waals surface area contributed by atoms with Gasteiger partial charge in [-0.1, -0.05) is 119 Å². The minimum atomic E-state index is -0.0142. The summed E-state index contributed by atoms with van der Waals surface area (Å²) in [7, 11) is 0. The van der Waals surface area contributed by atoms with Gasteiger partial charge in [0.05, 0.1) is 0 Å². The van der Waals surface area contributed by atoms with Gasteiger partial charge in [-0.25, -0.2) is 0 Å². The lowest BCUT2D eigenvalue weighted by Crippen LogP contribution is -2.62. The smallest absolute Gasteiger partial charge is 0.256 e. The van der Waals surface area contributed by atoms with Crippen LogP contribution in [0.25, 0.3) is 21.9 Å². The molecule has 0 saturated carbocycles. The average Bonchev–Trinajstić information content (AvgIpc) is 2.99. The Bertz CT molecular complexity index is 2090. The van der Waals surface area contributed by atoms with E-state index in [0.29, 0.717) is 0 Å². The number of hydrogen-bond donors (Lipinski definition) is 0. The van der Waals surface area contributed by atoms with Crippen LogP contribution in [0.3, 0.4) is 0 Å². The second kappa shape index (κ2) is 8.17. The molecular weight excluding hydrogens is 498 g/mol. The lowest BCUT2D eigenvalue weighted by Gasteiger charge is -2.39. The quantitative estimate of drug-likeness (QED) is 0.282. The SMILES string of the molecule is Cc1cccc(C)c1B1c2ccccc2Oc2c1c1c3c4c(cccc24)-c2cccc(C)c2B3c2ccccc2O1. The number of ether oxygens (including phenoxy) is 2. The summed E-state index contributed by atoms with van der Waals surface area (Å²) in [5.74, 6) is 3.72. The first-order chi connectivity index (χ1) is 20.1. The van der Waals surface area contributed by atoms with Crippen molar-refractivity contribution in [1.82, 2.24) is 0 Å². The van der Waals surface area contributed by atoms with E-state index in [1.54, 1.807) is 0 Å². The highest BCUT2D eigenvalue weighted by Crippen LogP contribution is 2.43. The molecule has 3 aliphatic heterocycles. The van der Waals surface area contributed by atoms with Gasteiger partial charge in [-0.15, -0.1) is 0 Å². The minimum Gasteiger partial charge on any atom is -0.459 e. The first-order valence-corrected chi connectivity index (χ1v) is 14.4. The number of benzene rings is 6. The van der Waals surface area contributed by atoms with Crippen molar-refractivity contribution in [3.8, 4) is 34.1 Å². The Morgan fingerprint density at radius 1 is 0.439 bits per heavy atom. The van der Waals surface area contributed by atoms with Crippen LogP contribution in [-0.2, 0) is 0 Å². The Hall–Kier alpha value is -4.69. The first-order valence-electron chi connectivity index (χ1n) is 14.4. The van der Waals surface area contributed by atoms with Crippen LogP contribution in [0, 0.1) is 20.8 Å². The van der Waals surface area contributed by atoms with Crippen LogP contribution < -0.4 is 42.3 Å². The van der Waals surface area contributed by atoms with Crippen LogP contribution in [0.15, 0.2) is 103 Å². The molecule has 0 fully saturated rings. The number of hydrogen-bond acceptors (Lipinski definition) is 2. The second-order valence-corrected chi connectivity index (χ2v) is 11.7. The van der Waals surface area contributed by atoms with E-state index in [9.17, 15) is 0 Å². The molecule has 0 aromatic heterocycles. The van der Waals surface area contributed by atoms with E-state index in [1.165, 1.54) is 60.5 Å². The Labute approximate surface area is 240 Å². The molecule has 2 nitrogen and oxygen atoms in total. The van der Waals surface area contributed by atoms with E-state index in [2.05, 4.69) is 124 Å². The van der Waals surface area contributed by atoms with Crippen LogP contribution >= 0.6 is 0 Å². The summed E-state index contributed by atoms with van der Waals surface area (Å²) in [5.41, 5.74) is 14.0. The highest BCUT2D eigenvalue weighted by molar-refractivity contribution is 7.03. The molecule has 0 unspecified atom stereocenters. The van der Waals surface area contributed by atoms with Crippen LogP contribution in [-0.4, -0.2) is 13.4 Å². The highest BCUT2D eigenvalue weighted by atomic mass is 16.5. The van der Waals surface area contributed by atoms with E-state index in [4.69, 9.17) is 9.47 Å². The van der Waals surface area contributed by atoms with Crippen LogP contribution in [0.4, 0.5) is 0 Å². The van der Waals surface area contributed by atoms with Gasteiger partial charge in [-0.2, -0.15) is 0 Å². The molecule has 0 amide bonds. The number of aryl methyl sites for hydroxylation is 3. The number of rotatable bonds is 1. The zero-order chi connectivity index (χ0) is 27.4. The maximum atomic E-state index is 7.06. The molecule has 3 heterocycles. The van der Waals surface area contributed by atoms with Gasteiger partial charge in [0.15, 0.2) is 0 Å². The Morgan fingerprint density at radius 3 is 1.68 bits per heavy atom. The molecule has 0 bridgehead atoms. The van der Waals surface area contributed by atoms with Crippen molar-refractivity contribution in [1.29, 1.82) is 0 Å². The van der Waals surface area contributed by atoms with Crippen molar-refractivity contribution in [2.45, 2.75) is 20.8 Å². The molecule has 0 spiro atoms. The second-order valence-electron chi connectivity index (χ2n) is 11.7. The van der Waals surface area contributed by atoms with E-state index in [-0.39, 0.29) is 13.4 Å². The van der Waals surface area contributed by atoms with Gasteiger partial charge in [0.2, 0.25) is 0 Å². The van der Waals surface area contributed by atoms with Crippen molar-refractivity contribution < 1.29 is 9.47 Å². The van der Waals surface area contributed by atoms with Gasteiger partial charge in [0.1, 0.15) is 23.0 Å². The Morgan fingerprint density at radius 2 is 0.976 bits per heavy atom. The summed E-state index contributed by atoms with van der Waals surface area (Å²) in [6.07, 6.45) is 0. The predicted molar refractivity (Wildman–Crippen MR) is 172 cm³/mol. The molecule has 9 rings (SSSR count). The van der Waals surface area contributed by atoms with Crippen molar-refractivity contribution >= 4 is 57.0 Å². The number of para-hydroxylation sites is 2. The highest BCUT2D eigenvalue weighted by Gasteiger charge is 2.46. The van der Waals surface area contributed by atoms with Gasteiger partial charge < -0.3 is 9.47 Å². The molecule has 3 aliphatic rings. The van der Waals surface area contributed by atoms with E-state index in [0.717, 1.165) is 33.8 Å². The third-order valence-corrected chi connectivity index (χ3v) is 9.51. The fourth-order valence-corrected chi connectivity index (χ4v) is 7.86. The molecule has 0 aliphatic carbocycles. The maximum Gasteiger partial charge on any atom is 0.256 e. The molecule has 0 saturated heterocycles. The Kier molecular flexibility index (Phi) is 4.60. The molecule has 0 N–H and O–H groups in total. The van der Waals surface area contributed by atoms with Gasteiger partial charge >= 0.3 is 0 Å². The van der Waals surface area contributed by atoms with Crippen molar-refractivity contribution in [3.63, 3.8) is 0 Å². The summed E-state index contributed by atoms with van der Waals surface area (Å²) in [6.45, 7) is 6.78. The van der Waals surface area contributed by atoms with Crippen molar-refractivity contribution in [2.75, 3.05) is 0 Å². The lowest BCUT2D eigenvalue weighted by atomic mass is 9.29. The van der Waals surface area contributed by atoms with Gasteiger partial charge in [0.25, 0.3) is 13.4 Å². The third-order valence-electron chi connectivity index (χ3n) is 9.51. The molecule has 41 heavy (non-hydrogen) atoms. The van der Waals surface area contributed by atoms with Crippen LogP contribution in [0.2, 0.25) is 0 Å². The van der Waals surface area contributed by atoms with E-state index < -0.39 is 0 Å². The van der Waals surface area contributed by atoms with Crippen LogP contribution in [0.5, 0.6) is 23.0 Å². The molecule has 6 aromatic rings. The Balaban J connectivity index is 1.50. The average molecular weight is 524 g/mol. The first kappa shape index (κ1) is 23.1. The van der Waals surface area contributed by atoms with Crippen LogP contribution in [0.1, 0.15) is 16.7 Å². The largest absolute Gasteiger partial charge is 0.459 e. The molecule has 4 heteroatoms. The van der Waals surface area contributed by atoms with E-state index >= 15 is 0 Å². The summed E-state index contributed by atoms with van der Waals surface area (Å²) in [6, 6.07) is 37.2. The summed E-state index contributed by atoms with van der Waals surface area (Å²) in [5, 5.41) is 2.40.